The summed E-state index contributed by atoms with van der Waals surface area (Å²) in [5.41, 5.74) is -0.182. The number of aryl methyl sites for hydroxylation is 1. The van der Waals surface area contributed by atoms with Crippen molar-refractivity contribution in [3.8, 4) is 0 Å². The van der Waals surface area contributed by atoms with E-state index in [-0.39, 0.29) is 11.8 Å². The lowest BCUT2D eigenvalue weighted by Gasteiger charge is -2.26. The van der Waals surface area contributed by atoms with Crippen molar-refractivity contribution in [2.45, 2.75) is 53.2 Å². The smallest absolute Gasteiger partial charge is 0.329 e. The van der Waals surface area contributed by atoms with Crippen LogP contribution >= 0.6 is 0 Å². The lowest BCUT2D eigenvalue weighted by Crippen LogP contribution is -2.47. The summed E-state index contributed by atoms with van der Waals surface area (Å²) in [4.78, 5) is 24.2. The molecular weight excluding hydrogens is 258 g/mol. The first-order valence-corrected chi connectivity index (χ1v) is 6.69. The molecule has 1 aromatic heterocycles. The predicted octanol–water partition coefficient (Wildman–Crippen LogP) is 2.68. The topological polar surface area (TPSA) is 68.5 Å². The number of rotatable bonds is 4. The van der Waals surface area contributed by atoms with E-state index in [2.05, 4.69) is 5.32 Å². The number of hydrogen-bond donors (Lipinski definition) is 1. The van der Waals surface area contributed by atoms with E-state index >= 15 is 0 Å². The van der Waals surface area contributed by atoms with Gasteiger partial charge in [0.25, 0.3) is 5.91 Å². The highest BCUT2D eigenvalue weighted by Crippen LogP contribution is 2.13. The van der Waals surface area contributed by atoms with Crippen LogP contribution in [-0.4, -0.2) is 23.5 Å². The summed E-state index contributed by atoms with van der Waals surface area (Å²) in [5.74, 6) is -0.192. The van der Waals surface area contributed by atoms with Crippen molar-refractivity contribution in [2.75, 3.05) is 0 Å². The van der Waals surface area contributed by atoms with E-state index in [1.807, 2.05) is 13.8 Å². The number of hydrogen-bond acceptors (Lipinski definition) is 4. The molecule has 0 aliphatic rings. The van der Waals surface area contributed by atoms with Crippen molar-refractivity contribution in [3.05, 3.63) is 23.7 Å². The van der Waals surface area contributed by atoms with Gasteiger partial charge < -0.3 is 14.5 Å². The SMILES string of the molecule is Cc1cc(C(=O)N[C@@H](C(=O)OC(C)(C)C)C(C)C)co1. The van der Waals surface area contributed by atoms with Crippen molar-refractivity contribution >= 4 is 11.9 Å². The Balaban J connectivity index is 2.77. The minimum atomic E-state index is -0.683. The fraction of sp³-hybridized carbons (Fsp3) is 0.600. The summed E-state index contributed by atoms with van der Waals surface area (Å²) in [6.07, 6.45) is 1.37. The van der Waals surface area contributed by atoms with Crippen LogP contribution < -0.4 is 5.32 Å². The third-order valence-corrected chi connectivity index (χ3v) is 2.61. The number of esters is 1. The highest BCUT2D eigenvalue weighted by Gasteiger charge is 2.29. The Kier molecular flexibility index (Phi) is 4.98. The molecule has 0 unspecified atom stereocenters. The van der Waals surface area contributed by atoms with Gasteiger partial charge in [-0.25, -0.2) is 4.79 Å². The first kappa shape index (κ1) is 16.3. The van der Waals surface area contributed by atoms with E-state index < -0.39 is 17.6 Å². The van der Waals surface area contributed by atoms with Gasteiger partial charge in [-0.15, -0.1) is 0 Å². The normalized spacial score (nSPS) is 13.2. The molecule has 0 aromatic carbocycles. The second-order valence-corrected chi connectivity index (χ2v) is 6.17. The second-order valence-electron chi connectivity index (χ2n) is 6.17. The third-order valence-electron chi connectivity index (χ3n) is 2.61. The Hall–Kier alpha value is -1.78. The van der Waals surface area contributed by atoms with Gasteiger partial charge in [-0.05, 0) is 39.7 Å². The van der Waals surface area contributed by atoms with Gasteiger partial charge in [0, 0.05) is 0 Å². The summed E-state index contributed by atoms with van der Waals surface area (Å²) in [6.45, 7) is 10.9. The number of ether oxygens (including phenoxy) is 1. The minimum absolute atomic E-state index is 0.0678. The van der Waals surface area contributed by atoms with Gasteiger partial charge in [0.2, 0.25) is 0 Å². The van der Waals surface area contributed by atoms with Crippen LogP contribution in [0.4, 0.5) is 0 Å². The first-order chi connectivity index (χ1) is 9.10. The molecular formula is C15H23NO4. The standard InChI is InChI=1S/C15H23NO4/c1-9(2)12(14(18)20-15(4,5)6)16-13(17)11-7-10(3)19-8-11/h7-9,12H,1-6H3,(H,16,17)/t12-/m1/s1. The molecule has 0 spiro atoms. The molecule has 0 aliphatic carbocycles. The van der Waals surface area contributed by atoms with Crippen LogP contribution in [0, 0.1) is 12.8 Å². The van der Waals surface area contributed by atoms with Gasteiger partial charge in [0.1, 0.15) is 23.7 Å². The summed E-state index contributed by atoms with van der Waals surface area (Å²) >= 11 is 0. The fourth-order valence-corrected chi connectivity index (χ4v) is 1.65. The third kappa shape index (κ3) is 4.72. The minimum Gasteiger partial charge on any atom is -0.469 e. The Morgan fingerprint density at radius 2 is 1.90 bits per heavy atom. The molecule has 112 valence electrons. The molecule has 1 atom stereocenters. The van der Waals surface area contributed by atoms with Crippen LogP contribution in [-0.2, 0) is 9.53 Å². The number of furan rings is 1. The Morgan fingerprint density at radius 3 is 2.30 bits per heavy atom. The molecule has 1 heterocycles. The van der Waals surface area contributed by atoms with Crippen molar-refractivity contribution in [1.82, 2.24) is 5.32 Å². The van der Waals surface area contributed by atoms with E-state index in [1.165, 1.54) is 6.26 Å². The molecule has 0 bridgehead atoms. The fourth-order valence-electron chi connectivity index (χ4n) is 1.65. The molecule has 0 saturated carbocycles. The summed E-state index contributed by atoms with van der Waals surface area (Å²) in [7, 11) is 0. The molecule has 1 amide bonds. The highest BCUT2D eigenvalue weighted by molar-refractivity contribution is 5.96. The molecule has 0 radical (unpaired) electrons. The van der Waals surface area contributed by atoms with E-state index in [9.17, 15) is 9.59 Å². The zero-order valence-corrected chi connectivity index (χ0v) is 12.9. The summed E-state index contributed by atoms with van der Waals surface area (Å²) in [6, 6.07) is 0.943. The number of amides is 1. The lowest BCUT2D eigenvalue weighted by molar-refractivity contribution is -0.158. The predicted molar refractivity (Wildman–Crippen MR) is 75.4 cm³/mol. The molecule has 1 N–H and O–H groups in total. The van der Waals surface area contributed by atoms with Crippen LogP contribution in [0.15, 0.2) is 16.7 Å². The van der Waals surface area contributed by atoms with Gasteiger partial charge in [-0.3, -0.25) is 4.79 Å². The van der Waals surface area contributed by atoms with E-state index in [1.54, 1.807) is 33.8 Å². The van der Waals surface area contributed by atoms with Crippen molar-refractivity contribution in [3.63, 3.8) is 0 Å². The largest absolute Gasteiger partial charge is 0.469 e. The monoisotopic (exact) mass is 281 g/mol. The van der Waals surface area contributed by atoms with Gasteiger partial charge in [-0.2, -0.15) is 0 Å². The van der Waals surface area contributed by atoms with Crippen molar-refractivity contribution in [2.24, 2.45) is 5.92 Å². The lowest BCUT2D eigenvalue weighted by atomic mass is 10.0. The molecule has 5 heteroatoms. The van der Waals surface area contributed by atoms with Crippen LogP contribution in [0.25, 0.3) is 0 Å². The average molecular weight is 281 g/mol. The summed E-state index contributed by atoms with van der Waals surface area (Å²) < 4.78 is 10.4. The number of carbonyl (C=O) groups is 2. The highest BCUT2D eigenvalue weighted by atomic mass is 16.6. The van der Waals surface area contributed by atoms with Gasteiger partial charge in [0.15, 0.2) is 0 Å². The van der Waals surface area contributed by atoms with Gasteiger partial charge in [0.05, 0.1) is 5.56 Å². The summed E-state index contributed by atoms with van der Waals surface area (Å²) in [5, 5.41) is 2.69. The van der Waals surface area contributed by atoms with Gasteiger partial charge in [-0.1, -0.05) is 13.8 Å². The maximum atomic E-state index is 12.1. The number of carbonyl (C=O) groups excluding carboxylic acids is 2. The van der Waals surface area contributed by atoms with Crippen LogP contribution in [0.2, 0.25) is 0 Å². The second kappa shape index (κ2) is 6.11. The molecule has 20 heavy (non-hydrogen) atoms. The maximum absolute atomic E-state index is 12.1. The van der Waals surface area contributed by atoms with Gasteiger partial charge >= 0.3 is 5.97 Å². The van der Waals surface area contributed by atoms with E-state index in [0.29, 0.717) is 11.3 Å². The van der Waals surface area contributed by atoms with Crippen LogP contribution in [0.1, 0.15) is 50.7 Å². The van der Waals surface area contributed by atoms with Crippen molar-refractivity contribution < 1.29 is 18.7 Å². The first-order valence-electron chi connectivity index (χ1n) is 6.69. The molecule has 1 aromatic rings. The number of nitrogens with one attached hydrogen (secondary N) is 1. The molecule has 0 aliphatic heterocycles. The van der Waals surface area contributed by atoms with Crippen LogP contribution in [0.5, 0.6) is 0 Å². The molecule has 0 saturated heterocycles. The Bertz CT molecular complexity index is 482. The average Bonchev–Trinajstić information content (AvgIpc) is 2.69. The molecule has 0 fully saturated rings. The maximum Gasteiger partial charge on any atom is 0.329 e. The van der Waals surface area contributed by atoms with E-state index in [0.717, 1.165) is 0 Å². The zero-order valence-electron chi connectivity index (χ0n) is 12.9. The molecule has 1 rings (SSSR count). The quantitative estimate of drug-likeness (QED) is 0.861. The van der Waals surface area contributed by atoms with Crippen LogP contribution in [0.3, 0.4) is 0 Å². The zero-order chi connectivity index (χ0) is 15.5. The van der Waals surface area contributed by atoms with E-state index in [4.69, 9.17) is 9.15 Å². The van der Waals surface area contributed by atoms with Crippen molar-refractivity contribution in [1.29, 1.82) is 0 Å². The molecule has 5 nitrogen and oxygen atoms in total. The Labute approximate surface area is 119 Å². The Morgan fingerprint density at radius 1 is 1.30 bits per heavy atom.